The second kappa shape index (κ2) is 7.52. The third kappa shape index (κ3) is 4.17. The molecule has 1 unspecified atom stereocenters. The number of carbonyl (C=O) groups excluding carboxylic acids is 1. The Morgan fingerprint density at radius 2 is 1.79 bits per heavy atom. The number of halogens is 3. The molecule has 142 valence electrons. The number of nitrogens with zero attached hydrogens (tertiary/aromatic N) is 3. The molecule has 6 nitrogen and oxygen atoms in total. The third-order valence-electron chi connectivity index (χ3n) is 3.96. The predicted molar refractivity (Wildman–Crippen MR) is 91.8 cm³/mol. The molecule has 0 fully saturated rings. The second-order valence-corrected chi connectivity index (χ2v) is 5.93. The first kappa shape index (κ1) is 19.1. The van der Waals surface area contributed by atoms with Crippen molar-refractivity contribution in [3.05, 3.63) is 71.1 Å². The molecule has 1 heterocycles. The molecule has 28 heavy (non-hydrogen) atoms. The molecule has 0 aliphatic rings. The highest BCUT2D eigenvalue weighted by Crippen LogP contribution is 2.29. The van der Waals surface area contributed by atoms with E-state index in [9.17, 15) is 18.0 Å². The minimum Gasteiger partial charge on any atom is -0.346 e. The maximum absolute atomic E-state index is 12.5. The number of amides is 1. The van der Waals surface area contributed by atoms with Crippen molar-refractivity contribution in [3.63, 3.8) is 0 Å². The van der Waals surface area contributed by atoms with E-state index in [1.165, 1.54) is 24.3 Å². The maximum atomic E-state index is 12.5. The number of carbonyl (C=O) groups is 1. The molecule has 1 atom stereocenters. The lowest BCUT2D eigenvalue weighted by molar-refractivity contribution is -0.159. The highest BCUT2D eigenvalue weighted by atomic mass is 19.4. The first-order valence-electron chi connectivity index (χ1n) is 8.10. The Hall–Kier alpha value is -3.67. The van der Waals surface area contributed by atoms with Gasteiger partial charge in [0.25, 0.3) is 5.91 Å². The SMILES string of the molecule is CC(NC(=O)c1ccc(-c2noc(C(F)(F)F)n2)cc1)c1ccc(C#N)cc1. The first-order valence-corrected chi connectivity index (χ1v) is 8.10. The van der Waals surface area contributed by atoms with Crippen LogP contribution < -0.4 is 5.32 Å². The van der Waals surface area contributed by atoms with Crippen LogP contribution in [0.4, 0.5) is 13.2 Å². The number of rotatable bonds is 4. The zero-order valence-corrected chi connectivity index (χ0v) is 14.5. The van der Waals surface area contributed by atoms with Crippen molar-refractivity contribution in [2.45, 2.75) is 19.1 Å². The molecule has 0 aliphatic heterocycles. The number of aromatic nitrogens is 2. The Balaban J connectivity index is 1.69. The molecule has 0 bridgehead atoms. The molecule has 2 aromatic carbocycles. The zero-order chi connectivity index (χ0) is 20.3. The molecule has 0 radical (unpaired) electrons. The van der Waals surface area contributed by atoms with Gasteiger partial charge in [0, 0.05) is 11.1 Å². The van der Waals surface area contributed by atoms with E-state index >= 15 is 0 Å². The minimum atomic E-state index is -4.72. The topological polar surface area (TPSA) is 91.8 Å². The lowest BCUT2D eigenvalue weighted by Gasteiger charge is -2.14. The van der Waals surface area contributed by atoms with E-state index in [4.69, 9.17) is 5.26 Å². The van der Waals surface area contributed by atoms with Gasteiger partial charge in [0.1, 0.15) is 0 Å². The first-order chi connectivity index (χ1) is 13.3. The predicted octanol–water partition coefficient (Wildman–Crippen LogP) is 4.12. The van der Waals surface area contributed by atoms with Crippen LogP contribution in [0.3, 0.4) is 0 Å². The van der Waals surface area contributed by atoms with Gasteiger partial charge < -0.3 is 9.84 Å². The van der Waals surface area contributed by atoms with Gasteiger partial charge in [-0.25, -0.2) is 0 Å². The molecule has 0 saturated heterocycles. The quantitative estimate of drug-likeness (QED) is 0.728. The van der Waals surface area contributed by atoms with Crippen LogP contribution in [0.2, 0.25) is 0 Å². The normalized spacial score (nSPS) is 12.2. The Morgan fingerprint density at radius 1 is 1.14 bits per heavy atom. The standard InChI is InChI=1S/C19H13F3N4O2/c1-11(13-4-2-12(10-23)3-5-13)24-17(27)15-8-6-14(7-9-15)16-25-18(28-26-16)19(20,21)22/h2-9,11H,1H3,(H,24,27). The van der Waals surface area contributed by atoms with Crippen LogP contribution in [0, 0.1) is 11.3 Å². The van der Waals surface area contributed by atoms with Crippen molar-refractivity contribution in [1.29, 1.82) is 5.26 Å². The summed E-state index contributed by atoms with van der Waals surface area (Å²) in [7, 11) is 0. The molecule has 0 aliphatic carbocycles. The van der Waals surface area contributed by atoms with Gasteiger partial charge in [0.15, 0.2) is 0 Å². The molecular weight excluding hydrogens is 373 g/mol. The average Bonchev–Trinajstić information content (AvgIpc) is 3.19. The highest BCUT2D eigenvalue weighted by molar-refractivity contribution is 5.94. The van der Waals surface area contributed by atoms with Crippen LogP contribution in [0.1, 0.15) is 40.3 Å². The number of hydrogen-bond acceptors (Lipinski definition) is 5. The molecule has 0 spiro atoms. The summed E-state index contributed by atoms with van der Waals surface area (Å²) in [4.78, 5) is 15.7. The lowest BCUT2D eigenvalue weighted by Crippen LogP contribution is -2.26. The van der Waals surface area contributed by atoms with Gasteiger partial charge in [-0.05, 0) is 36.8 Å². The largest absolute Gasteiger partial charge is 0.471 e. The monoisotopic (exact) mass is 386 g/mol. The number of alkyl halides is 3. The van der Waals surface area contributed by atoms with Gasteiger partial charge in [0.05, 0.1) is 17.7 Å². The summed E-state index contributed by atoms with van der Waals surface area (Å²) < 4.78 is 41.8. The number of nitrogens with one attached hydrogen (secondary N) is 1. The lowest BCUT2D eigenvalue weighted by atomic mass is 10.1. The number of nitriles is 1. The minimum absolute atomic E-state index is 0.217. The van der Waals surface area contributed by atoms with Crippen molar-refractivity contribution in [2.75, 3.05) is 0 Å². The summed E-state index contributed by atoms with van der Waals surface area (Å²) in [6, 6.07) is 14.3. The van der Waals surface area contributed by atoms with Crippen molar-refractivity contribution >= 4 is 5.91 Å². The fraction of sp³-hybridized carbons (Fsp3) is 0.158. The van der Waals surface area contributed by atoms with Crippen molar-refractivity contribution < 1.29 is 22.5 Å². The van der Waals surface area contributed by atoms with Crippen LogP contribution in [-0.4, -0.2) is 16.0 Å². The van der Waals surface area contributed by atoms with Crippen LogP contribution in [0.5, 0.6) is 0 Å². The molecule has 0 saturated carbocycles. The Labute approximate surface area is 157 Å². The summed E-state index contributed by atoms with van der Waals surface area (Å²) in [5.41, 5.74) is 1.96. The molecular formula is C19H13F3N4O2. The van der Waals surface area contributed by atoms with Gasteiger partial charge in [-0.2, -0.15) is 23.4 Å². The Morgan fingerprint density at radius 3 is 2.32 bits per heavy atom. The molecule has 3 rings (SSSR count). The van der Waals surface area contributed by atoms with Crippen LogP contribution in [-0.2, 0) is 6.18 Å². The summed E-state index contributed by atoms with van der Waals surface area (Å²) >= 11 is 0. The number of benzene rings is 2. The Bertz CT molecular complexity index is 1020. The fourth-order valence-electron chi connectivity index (χ4n) is 2.44. The van der Waals surface area contributed by atoms with Gasteiger partial charge in [-0.15, -0.1) is 0 Å². The van der Waals surface area contributed by atoms with E-state index in [-0.39, 0.29) is 23.3 Å². The molecule has 3 aromatic rings. The smallest absolute Gasteiger partial charge is 0.346 e. The van der Waals surface area contributed by atoms with Gasteiger partial charge in [0.2, 0.25) is 5.82 Å². The second-order valence-electron chi connectivity index (χ2n) is 5.93. The summed E-state index contributed by atoms with van der Waals surface area (Å²) in [5, 5.41) is 14.9. The van der Waals surface area contributed by atoms with Gasteiger partial charge in [-0.3, -0.25) is 4.79 Å². The zero-order valence-electron chi connectivity index (χ0n) is 14.5. The van der Waals surface area contributed by atoms with E-state index < -0.39 is 12.1 Å². The van der Waals surface area contributed by atoms with Gasteiger partial charge >= 0.3 is 12.1 Å². The van der Waals surface area contributed by atoms with Crippen LogP contribution in [0.15, 0.2) is 53.1 Å². The summed E-state index contributed by atoms with van der Waals surface area (Å²) in [5.74, 6) is -2.00. The molecule has 1 N–H and O–H groups in total. The van der Waals surface area contributed by atoms with Crippen LogP contribution in [0.25, 0.3) is 11.4 Å². The van der Waals surface area contributed by atoms with Crippen molar-refractivity contribution in [2.24, 2.45) is 0 Å². The molecule has 1 aromatic heterocycles. The average molecular weight is 386 g/mol. The third-order valence-corrected chi connectivity index (χ3v) is 3.96. The highest BCUT2D eigenvalue weighted by Gasteiger charge is 2.38. The van der Waals surface area contributed by atoms with E-state index in [0.717, 1.165) is 5.56 Å². The van der Waals surface area contributed by atoms with E-state index in [1.807, 2.05) is 6.07 Å². The summed E-state index contributed by atoms with van der Waals surface area (Å²) in [6.07, 6.45) is -4.72. The molecule has 1 amide bonds. The number of hydrogen-bond donors (Lipinski definition) is 1. The van der Waals surface area contributed by atoms with E-state index in [1.54, 1.807) is 31.2 Å². The van der Waals surface area contributed by atoms with Crippen molar-refractivity contribution in [3.8, 4) is 17.5 Å². The van der Waals surface area contributed by atoms with E-state index in [2.05, 4.69) is 20.0 Å². The van der Waals surface area contributed by atoms with Crippen LogP contribution >= 0.6 is 0 Å². The summed E-state index contributed by atoms with van der Waals surface area (Å²) in [6.45, 7) is 1.80. The van der Waals surface area contributed by atoms with Gasteiger partial charge in [-0.1, -0.05) is 29.4 Å². The van der Waals surface area contributed by atoms with Crippen molar-refractivity contribution in [1.82, 2.24) is 15.5 Å². The fourth-order valence-corrected chi connectivity index (χ4v) is 2.44. The van der Waals surface area contributed by atoms with E-state index in [0.29, 0.717) is 11.1 Å². The maximum Gasteiger partial charge on any atom is 0.471 e. The Kier molecular flexibility index (Phi) is 5.13. The molecule has 9 heteroatoms.